The quantitative estimate of drug-likeness (QED) is 0.483. The predicted octanol–water partition coefficient (Wildman–Crippen LogP) is 3.52. The molecule has 1 N–H and O–H groups in total. The molecule has 1 unspecified atom stereocenters. The van der Waals surface area contributed by atoms with Crippen LogP contribution in [0.5, 0.6) is 5.75 Å². The van der Waals surface area contributed by atoms with Gasteiger partial charge in [0.1, 0.15) is 11.4 Å². The number of tetrazole rings is 1. The van der Waals surface area contributed by atoms with E-state index in [2.05, 4.69) is 20.8 Å². The number of carbonyl (C=O) groups excluding carboxylic acids is 1. The molecule has 1 atom stereocenters. The molecule has 0 spiro atoms. The number of aromatic nitrogens is 4. The molecule has 3 aromatic rings. The fraction of sp³-hybridized carbons (Fsp3) is 0.222. The van der Waals surface area contributed by atoms with Crippen LogP contribution in [0.3, 0.4) is 0 Å². The van der Waals surface area contributed by atoms with Crippen molar-refractivity contribution < 1.29 is 22.7 Å². The highest BCUT2D eigenvalue weighted by molar-refractivity contribution is 8.00. The van der Waals surface area contributed by atoms with Gasteiger partial charge >= 0.3 is 0 Å². The molecule has 7 nitrogen and oxygen atoms in total. The number of benzene rings is 2. The first-order valence-corrected chi connectivity index (χ1v) is 9.24. The third-order valence-corrected chi connectivity index (χ3v) is 4.98. The Hall–Kier alpha value is -3.08. The lowest BCUT2D eigenvalue weighted by atomic mass is 10.2. The molecule has 152 valence electrons. The van der Waals surface area contributed by atoms with Crippen LogP contribution in [0.4, 0.5) is 18.9 Å². The Morgan fingerprint density at radius 2 is 1.97 bits per heavy atom. The topological polar surface area (TPSA) is 81.9 Å². The van der Waals surface area contributed by atoms with Crippen molar-refractivity contribution >= 4 is 23.4 Å². The van der Waals surface area contributed by atoms with Gasteiger partial charge in [0, 0.05) is 0 Å². The van der Waals surface area contributed by atoms with E-state index in [0.717, 1.165) is 29.5 Å². The predicted molar refractivity (Wildman–Crippen MR) is 101 cm³/mol. The highest BCUT2D eigenvalue weighted by Crippen LogP contribution is 2.29. The number of thioether (sulfide) groups is 1. The number of hydrogen-bond donors (Lipinski definition) is 1. The van der Waals surface area contributed by atoms with E-state index in [1.807, 2.05) is 19.1 Å². The highest BCUT2D eigenvalue weighted by Gasteiger charge is 2.23. The summed E-state index contributed by atoms with van der Waals surface area (Å²) < 4.78 is 46.9. The van der Waals surface area contributed by atoms with Crippen molar-refractivity contribution in [3.8, 4) is 11.4 Å². The zero-order valence-corrected chi connectivity index (χ0v) is 16.4. The van der Waals surface area contributed by atoms with Crippen molar-refractivity contribution in [1.82, 2.24) is 20.2 Å². The van der Waals surface area contributed by atoms with Crippen LogP contribution < -0.4 is 10.1 Å². The molecule has 11 heteroatoms. The standard InChI is InChI=1S/C18H16F3N5O2S/c1-9-4-7-14(28-3)13(8-9)26-18(23-24-25-26)29-10(2)17(27)22-12-6-5-11(19)15(20)16(12)21/h4-8,10H,1-3H3,(H,22,27). The van der Waals surface area contributed by atoms with Gasteiger partial charge in [-0.1, -0.05) is 17.8 Å². The van der Waals surface area contributed by atoms with Gasteiger partial charge in [-0.2, -0.15) is 4.68 Å². The highest BCUT2D eigenvalue weighted by atomic mass is 32.2. The Balaban J connectivity index is 1.80. The number of carbonyl (C=O) groups is 1. The van der Waals surface area contributed by atoms with Crippen molar-refractivity contribution in [2.75, 3.05) is 12.4 Å². The maximum Gasteiger partial charge on any atom is 0.237 e. The smallest absolute Gasteiger partial charge is 0.237 e. The molecule has 0 saturated carbocycles. The van der Waals surface area contributed by atoms with Crippen molar-refractivity contribution in [3.05, 3.63) is 53.3 Å². The van der Waals surface area contributed by atoms with Crippen LogP contribution in [-0.4, -0.2) is 38.5 Å². The summed E-state index contributed by atoms with van der Waals surface area (Å²) in [6.45, 7) is 3.44. The molecule has 0 fully saturated rings. The van der Waals surface area contributed by atoms with E-state index < -0.39 is 34.3 Å². The summed E-state index contributed by atoms with van der Waals surface area (Å²) in [4.78, 5) is 12.4. The van der Waals surface area contributed by atoms with Gasteiger partial charge in [0.2, 0.25) is 11.1 Å². The Labute approximate surface area is 168 Å². The molecule has 0 aliphatic rings. The number of nitrogens with zero attached hydrogens (tertiary/aromatic N) is 4. The lowest BCUT2D eigenvalue weighted by molar-refractivity contribution is -0.115. The molecule has 0 aliphatic carbocycles. The molecule has 0 bridgehead atoms. The second-order valence-corrected chi connectivity index (χ2v) is 7.33. The summed E-state index contributed by atoms with van der Waals surface area (Å²) in [6, 6.07) is 7.14. The molecule has 1 aromatic heterocycles. The van der Waals surface area contributed by atoms with Crippen LogP contribution in [0.25, 0.3) is 5.69 Å². The number of hydrogen-bond acceptors (Lipinski definition) is 6. The van der Waals surface area contributed by atoms with Crippen LogP contribution in [0, 0.1) is 24.4 Å². The minimum absolute atomic E-state index is 0.294. The molecule has 0 radical (unpaired) electrons. The van der Waals surface area contributed by atoms with Crippen molar-refractivity contribution in [1.29, 1.82) is 0 Å². The van der Waals surface area contributed by atoms with Gasteiger partial charge in [0.15, 0.2) is 17.5 Å². The van der Waals surface area contributed by atoms with Crippen molar-refractivity contribution in [2.24, 2.45) is 0 Å². The summed E-state index contributed by atoms with van der Waals surface area (Å²) in [5.74, 6) is -4.56. The van der Waals surface area contributed by atoms with Crippen LogP contribution in [0.1, 0.15) is 12.5 Å². The second kappa shape index (κ2) is 8.52. The normalized spacial score (nSPS) is 11.9. The number of nitrogens with one attached hydrogen (secondary N) is 1. The molecule has 1 heterocycles. The third kappa shape index (κ3) is 4.34. The molecular weight excluding hydrogens is 407 g/mol. The first kappa shape index (κ1) is 20.6. The average molecular weight is 423 g/mol. The minimum atomic E-state index is -1.65. The van der Waals surface area contributed by atoms with E-state index in [1.54, 1.807) is 13.0 Å². The number of ether oxygens (including phenoxy) is 1. The Morgan fingerprint density at radius 3 is 2.69 bits per heavy atom. The summed E-state index contributed by atoms with van der Waals surface area (Å²) >= 11 is 1.01. The number of amides is 1. The molecule has 3 rings (SSSR count). The van der Waals surface area contributed by atoms with Crippen LogP contribution >= 0.6 is 11.8 Å². The van der Waals surface area contributed by atoms with Gasteiger partial charge in [-0.3, -0.25) is 4.79 Å². The Bertz CT molecular complexity index is 1060. The summed E-state index contributed by atoms with van der Waals surface area (Å²) in [5.41, 5.74) is 1.08. The zero-order valence-electron chi connectivity index (χ0n) is 15.6. The summed E-state index contributed by atoms with van der Waals surface area (Å²) in [6.07, 6.45) is 0. The maximum atomic E-state index is 13.8. The first-order chi connectivity index (χ1) is 13.8. The molecule has 29 heavy (non-hydrogen) atoms. The third-order valence-electron chi connectivity index (χ3n) is 3.95. The van der Waals surface area contributed by atoms with Crippen LogP contribution in [0.15, 0.2) is 35.5 Å². The monoisotopic (exact) mass is 423 g/mol. The van der Waals surface area contributed by atoms with E-state index in [-0.39, 0.29) is 0 Å². The Kier molecular flexibility index (Phi) is 6.06. The SMILES string of the molecule is COc1ccc(C)cc1-n1nnnc1SC(C)C(=O)Nc1ccc(F)c(F)c1F. The molecule has 1 amide bonds. The van der Waals surface area contributed by atoms with Gasteiger partial charge in [0.25, 0.3) is 0 Å². The zero-order chi connectivity index (χ0) is 21.1. The minimum Gasteiger partial charge on any atom is -0.494 e. The van der Waals surface area contributed by atoms with Gasteiger partial charge in [-0.15, -0.1) is 5.10 Å². The fourth-order valence-corrected chi connectivity index (χ4v) is 3.24. The van der Waals surface area contributed by atoms with Gasteiger partial charge in [0.05, 0.1) is 18.0 Å². The number of aryl methyl sites for hydroxylation is 1. The lowest BCUT2D eigenvalue weighted by Crippen LogP contribution is -2.23. The van der Waals surface area contributed by atoms with Crippen LogP contribution in [-0.2, 0) is 4.79 Å². The van der Waals surface area contributed by atoms with Gasteiger partial charge < -0.3 is 10.1 Å². The number of rotatable bonds is 6. The van der Waals surface area contributed by atoms with E-state index in [0.29, 0.717) is 16.6 Å². The molecule has 2 aromatic carbocycles. The maximum absolute atomic E-state index is 13.8. The van der Waals surface area contributed by atoms with E-state index in [9.17, 15) is 18.0 Å². The summed E-state index contributed by atoms with van der Waals surface area (Å²) in [7, 11) is 1.51. The average Bonchev–Trinajstić information content (AvgIpc) is 3.16. The molecular formula is C18H16F3N5O2S. The fourth-order valence-electron chi connectivity index (χ4n) is 2.44. The number of anilines is 1. The summed E-state index contributed by atoms with van der Waals surface area (Å²) in [5, 5.41) is 13.3. The molecule has 0 aliphatic heterocycles. The Morgan fingerprint density at radius 1 is 1.21 bits per heavy atom. The lowest BCUT2D eigenvalue weighted by Gasteiger charge is -2.14. The number of halogens is 3. The van der Waals surface area contributed by atoms with Crippen molar-refractivity contribution in [3.63, 3.8) is 0 Å². The van der Waals surface area contributed by atoms with Gasteiger partial charge in [-0.25, -0.2) is 13.2 Å². The first-order valence-electron chi connectivity index (χ1n) is 8.36. The molecule has 0 saturated heterocycles. The van der Waals surface area contributed by atoms with Crippen molar-refractivity contribution in [2.45, 2.75) is 24.3 Å². The number of methoxy groups -OCH3 is 1. The van der Waals surface area contributed by atoms with E-state index in [1.165, 1.54) is 11.8 Å². The van der Waals surface area contributed by atoms with E-state index >= 15 is 0 Å². The largest absolute Gasteiger partial charge is 0.494 e. The van der Waals surface area contributed by atoms with E-state index in [4.69, 9.17) is 4.74 Å². The van der Waals surface area contributed by atoms with Gasteiger partial charge in [-0.05, 0) is 54.1 Å². The second-order valence-electron chi connectivity index (χ2n) is 6.02. The van der Waals surface area contributed by atoms with Crippen LogP contribution in [0.2, 0.25) is 0 Å².